The van der Waals surface area contributed by atoms with Gasteiger partial charge in [0.2, 0.25) is 0 Å². The number of halogens is 3. The zero-order valence-corrected chi connectivity index (χ0v) is 12.1. The molecule has 0 heterocycles. The number of benzene rings is 1. The van der Waals surface area contributed by atoms with Crippen LogP contribution in [0.5, 0.6) is 0 Å². The van der Waals surface area contributed by atoms with Gasteiger partial charge >= 0.3 is 0 Å². The van der Waals surface area contributed by atoms with E-state index < -0.39 is 0 Å². The minimum absolute atomic E-state index is 0.137. The summed E-state index contributed by atoms with van der Waals surface area (Å²) in [4.78, 5) is 0. The van der Waals surface area contributed by atoms with Gasteiger partial charge in [0.05, 0.1) is 10.0 Å². The predicted octanol–water partition coefficient (Wildman–Crippen LogP) is 5.58. The van der Waals surface area contributed by atoms with Crippen molar-refractivity contribution in [1.29, 1.82) is 0 Å². The lowest BCUT2D eigenvalue weighted by Gasteiger charge is -2.25. The molecule has 1 unspecified atom stereocenters. The molecule has 90 valence electrons. The van der Waals surface area contributed by atoms with Gasteiger partial charge in [-0.3, -0.25) is 0 Å². The molecule has 0 nitrogen and oxygen atoms in total. The topological polar surface area (TPSA) is 0 Å². The first kappa shape index (κ1) is 14.2. The van der Waals surface area contributed by atoms with Crippen molar-refractivity contribution in [3.05, 3.63) is 33.8 Å². The molecule has 1 aromatic carbocycles. The van der Waals surface area contributed by atoms with Crippen LogP contribution in [0.25, 0.3) is 0 Å². The summed E-state index contributed by atoms with van der Waals surface area (Å²) in [6.45, 7) is 6.46. The average Bonchev–Trinajstić information content (AvgIpc) is 2.18. The van der Waals surface area contributed by atoms with Crippen molar-refractivity contribution in [3.63, 3.8) is 0 Å². The zero-order chi connectivity index (χ0) is 12.3. The first-order chi connectivity index (χ1) is 7.30. The number of hydrogen-bond acceptors (Lipinski definition) is 0. The van der Waals surface area contributed by atoms with Gasteiger partial charge in [-0.2, -0.15) is 0 Å². The Labute approximate surface area is 113 Å². The van der Waals surface area contributed by atoms with E-state index in [0.29, 0.717) is 10.0 Å². The van der Waals surface area contributed by atoms with Crippen molar-refractivity contribution >= 4 is 34.8 Å². The Balaban J connectivity index is 2.58. The number of aryl methyl sites for hydroxylation is 1. The highest BCUT2D eigenvalue weighted by molar-refractivity contribution is 6.42. The highest BCUT2D eigenvalue weighted by Crippen LogP contribution is 2.29. The van der Waals surface area contributed by atoms with Crippen LogP contribution < -0.4 is 0 Å². The third-order valence-corrected chi connectivity index (χ3v) is 4.22. The van der Waals surface area contributed by atoms with E-state index in [2.05, 4.69) is 20.8 Å². The van der Waals surface area contributed by atoms with Crippen LogP contribution >= 0.6 is 34.8 Å². The molecule has 0 bridgehead atoms. The maximum atomic E-state index is 6.32. The molecule has 0 fully saturated rings. The molecule has 3 heteroatoms. The lowest BCUT2D eigenvalue weighted by Crippen LogP contribution is -2.21. The van der Waals surface area contributed by atoms with Crippen molar-refractivity contribution in [2.24, 2.45) is 5.41 Å². The molecule has 0 N–H and O–H groups in total. The lowest BCUT2D eigenvalue weighted by atomic mass is 9.88. The monoisotopic (exact) mass is 278 g/mol. The van der Waals surface area contributed by atoms with E-state index in [1.807, 2.05) is 18.2 Å². The molecular weight excluding hydrogens is 263 g/mol. The summed E-state index contributed by atoms with van der Waals surface area (Å²) in [6, 6.07) is 5.75. The molecule has 0 saturated heterocycles. The Morgan fingerprint density at radius 2 is 1.75 bits per heavy atom. The standard InChI is InChI=1S/C13H17Cl3/c1-13(2,3)12(16)7-5-9-4-6-10(14)11(15)8-9/h4,6,8,12H,5,7H2,1-3H3. The highest BCUT2D eigenvalue weighted by atomic mass is 35.5. The van der Waals surface area contributed by atoms with Crippen molar-refractivity contribution in [3.8, 4) is 0 Å². The zero-order valence-electron chi connectivity index (χ0n) is 9.86. The smallest absolute Gasteiger partial charge is 0.0595 e. The Bertz CT molecular complexity index is 353. The fourth-order valence-electron chi connectivity index (χ4n) is 1.42. The molecule has 0 aliphatic heterocycles. The molecule has 1 atom stereocenters. The number of rotatable bonds is 3. The van der Waals surface area contributed by atoms with E-state index in [4.69, 9.17) is 34.8 Å². The van der Waals surface area contributed by atoms with Gasteiger partial charge < -0.3 is 0 Å². The van der Waals surface area contributed by atoms with Crippen molar-refractivity contribution in [2.75, 3.05) is 0 Å². The SMILES string of the molecule is CC(C)(C)C(Cl)CCc1ccc(Cl)c(Cl)c1. The summed E-state index contributed by atoms with van der Waals surface area (Å²) >= 11 is 18.1. The van der Waals surface area contributed by atoms with Crippen LogP contribution in [0.2, 0.25) is 10.0 Å². The fourth-order valence-corrected chi connectivity index (χ4v) is 1.85. The second kappa shape index (κ2) is 5.62. The Hall–Kier alpha value is 0.0900. The molecule has 0 amide bonds. The first-order valence-electron chi connectivity index (χ1n) is 5.38. The van der Waals surface area contributed by atoms with E-state index in [-0.39, 0.29) is 10.8 Å². The van der Waals surface area contributed by atoms with Crippen molar-refractivity contribution in [1.82, 2.24) is 0 Å². The van der Waals surface area contributed by atoms with Crippen LogP contribution in [-0.2, 0) is 6.42 Å². The number of alkyl halides is 1. The maximum absolute atomic E-state index is 6.32. The maximum Gasteiger partial charge on any atom is 0.0595 e. The average molecular weight is 280 g/mol. The van der Waals surface area contributed by atoms with E-state index in [1.165, 1.54) is 5.56 Å². The largest absolute Gasteiger partial charge is 0.122 e. The summed E-state index contributed by atoms with van der Waals surface area (Å²) in [5.74, 6) is 0. The minimum atomic E-state index is 0.137. The lowest BCUT2D eigenvalue weighted by molar-refractivity contribution is 0.374. The van der Waals surface area contributed by atoms with E-state index in [9.17, 15) is 0 Å². The highest BCUT2D eigenvalue weighted by Gasteiger charge is 2.21. The van der Waals surface area contributed by atoms with Crippen LogP contribution in [-0.4, -0.2) is 5.38 Å². The minimum Gasteiger partial charge on any atom is -0.122 e. The van der Waals surface area contributed by atoms with Gasteiger partial charge in [0.1, 0.15) is 0 Å². The van der Waals surface area contributed by atoms with Gasteiger partial charge in [-0.05, 0) is 36.0 Å². The quantitative estimate of drug-likeness (QED) is 0.634. The Morgan fingerprint density at radius 1 is 1.12 bits per heavy atom. The molecule has 1 rings (SSSR count). The van der Waals surface area contributed by atoms with Crippen LogP contribution in [0.4, 0.5) is 0 Å². The molecule has 0 aromatic heterocycles. The second-order valence-electron chi connectivity index (χ2n) is 5.12. The normalized spacial score (nSPS) is 13.9. The van der Waals surface area contributed by atoms with Gasteiger partial charge in [0.25, 0.3) is 0 Å². The second-order valence-corrected chi connectivity index (χ2v) is 6.46. The molecule has 0 aliphatic carbocycles. The summed E-state index contributed by atoms with van der Waals surface area (Å²) in [5, 5.41) is 1.38. The molecule has 0 radical (unpaired) electrons. The van der Waals surface area contributed by atoms with Crippen LogP contribution in [0, 0.1) is 5.41 Å². The molecule has 0 spiro atoms. The molecule has 0 aliphatic rings. The number of hydrogen-bond donors (Lipinski definition) is 0. The van der Waals surface area contributed by atoms with Gasteiger partial charge in [0.15, 0.2) is 0 Å². The summed E-state index contributed by atoms with van der Waals surface area (Å²) in [6.07, 6.45) is 1.88. The van der Waals surface area contributed by atoms with Gasteiger partial charge in [-0.15, -0.1) is 11.6 Å². The molecular formula is C13H17Cl3. The van der Waals surface area contributed by atoms with Gasteiger partial charge in [-0.25, -0.2) is 0 Å². The predicted molar refractivity (Wildman–Crippen MR) is 73.9 cm³/mol. The van der Waals surface area contributed by atoms with Crippen LogP contribution in [0.1, 0.15) is 32.8 Å². The van der Waals surface area contributed by atoms with E-state index in [0.717, 1.165) is 12.8 Å². The Kier molecular flexibility index (Phi) is 4.97. The summed E-state index contributed by atoms with van der Waals surface area (Å²) < 4.78 is 0. The summed E-state index contributed by atoms with van der Waals surface area (Å²) in [7, 11) is 0. The third-order valence-electron chi connectivity index (χ3n) is 2.61. The first-order valence-corrected chi connectivity index (χ1v) is 6.58. The molecule has 16 heavy (non-hydrogen) atoms. The molecule has 0 saturated carbocycles. The van der Waals surface area contributed by atoms with Crippen molar-refractivity contribution in [2.45, 2.75) is 39.0 Å². The fraction of sp³-hybridized carbons (Fsp3) is 0.538. The van der Waals surface area contributed by atoms with E-state index >= 15 is 0 Å². The molecule has 1 aromatic rings. The van der Waals surface area contributed by atoms with E-state index in [1.54, 1.807) is 0 Å². The van der Waals surface area contributed by atoms with Crippen LogP contribution in [0.3, 0.4) is 0 Å². The summed E-state index contributed by atoms with van der Waals surface area (Å²) in [5.41, 5.74) is 1.32. The van der Waals surface area contributed by atoms with Crippen LogP contribution in [0.15, 0.2) is 18.2 Å². The van der Waals surface area contributed by atoms with Gasteiger partial charge in [-0.1, -0.05) is 50.0 Å². The van der Waals surface area contributed by atoms with Crippen molar-refractivity contribution < 1.29 is 0 Å². The Morgan fingerprint density at radius 3 is 2.25 bits per heavy atom. The van der Waals surface area contributed by atoms with Gasteiger partial charge in [0, 0.05) is 5.38 Å². The third kappa shape index (κ3) is 4.16.